The van der Waals surface area contributed by atoms with Crippen molar-refractivity contribution in [2.24, 2.45) is 11.8 Å². The van der Waals surface area contributed by atoms with Crippen LogP contribution in [0.25, 0.3) is 0 Å². The third-order valence-corrected chi connectivity index (χ3v) is 5.52. The largest absolute Gasteiger partial charge is 0.390 e. The number of piperidine rings is 1. The summed E-state index contributed by atoms with van der Waals surface area (Å²) in [5, 5.41) is 15.8. The fourth-order valence-corrected chi connectivity index (χ4v) is 3.69. The molecule has 2 amide bonds. The van der Waals surface area contributed by atoms with Crippen molar-refractivity contribution >= 4 is 6.03 Å². The van der Waals surface area contributed by atoms with E-state index in [0.717, 1.165) is 25.4 Å². The van der Waals surface area contributed by atoms with Gasteiger partial charge in [0.05, 0.1) is 6.10 Å². The summed E-state index contributed by atoms with van der Waals surface area (Å²) >= 11 is 0. The Labute approximate surface area is 150 Å². The molecular weight excluding hydrogens is 314 g/mol. The van der Waals surface area contributed by atoms with Gasteiger partial charge in [-0.25, -0.2) is 4.79 Å². The summed E-state index contributed by atoms with van der Waals surface area (Å²) in [5.74, 6) is 1.90. The molecule has 0 radical (unpaired) electrons. The number of urea groups is 1. The van der Waals surface area contributed by atoms with E-state index in [2.05, 4.69) is 46.7 Å². The van der Waals surface area contributed by atoms with E-state index in [4.69, 9.17) is 0 Å². The molecule has 1 aromatic rings. The molecule has 3 atom stereocenters. The Hall–Kier alpha value is -1.59. The Morgan fingerprint density at radius 2 is 1.96 bits per heavy atom. The fraction of sp³-hybridized carbons (Fsp3) is 0.650. The van der Waals surface area contributed by atoms with Crippen LogP contribution in [0.4, 0.5) is 4.79 Å². The zero-order chi connectivity index (χ0) is 17.6. The molecule has 2 fully saturated rings. The topological polar surface area (TPSA) is 64.6 Å². The zero-order valence-electron chi connectivity index (χ0n) is 15.2. The van der Waals surface area contributed by atoms with Crippen LogP contribution in [0.5, 0.6) is 0 Å². The molecule has 25 heavy (non-hydrogen) atoms. The van der Waals surface area contributed by atoms with E-state index in [1.54, 1.807) is 0 Å². The van der Waals surface area contributed by atoms with Gasteiger partial charge in [0.25, 0.3) is 0 Å². The number of amides is 2. The summed E-state index contributed by atoms with van der Waals surface area (Å²) in [7, 11) is 0. The van der Waals surface area contributed by atoms with Gasteiger partial charge in [-0.1, -0.05) is 37.3 Å². The van der Waals surface area contributed by atoms with Gasteiger partial charge in [-0.3, -0.25) is 0 Å². The highest BCUT2D eigenvalue weighted by atomic mass is 16.3. The number of aliphatic hydroxyl groups is 1. The van der Waals surface area contributed by atoms with E-state index < -0.39 is 6.10 Å². The standard InChI is InChI=1S/C20H31N3O2/c1-15-7-9-23(10-8-15)14-18(24)13-22-20(25)21-12-17-11-19(17)16-5-3-2-4-6-16/h2-6,15,17-19,24H,7-14H2,1H3,(H2,21,22,25). The van der Waals surface area contributed by atoms with Crippen molar-refractivity contribution in [1.29, 1.82) is 0 Å². The molecule has 1 heterocycles. The number of likely N-dealkylation sites (tertiary alicyclic amines) is 1. The number of β-amino-alcohol motifs (C(OH)–C–C–N with tert-alkyl or cyclic N) is 1. The molecule has 5 nitrogen and oxygen atoms in total. The van der Waals surface area contributed by atoms with Gasteiger partial charge >= 0.3 is 6.03 Å². The molecule has 1 aliphatic carbocycles. The lowest BCUT2D eigenvalue weighted by Gasteiger charge is -2.31. The van der Waals surface area contributed by atoms with Crippen molar-refractivity contribution in [3.8, 4) is 0 Å². The minimum absolute atomic E-state index is 0.176. The first-order valence-electron chi connectivity index (χ1n) is 9.59. The Bertz CT molecular complexity index is 543. The third kappa shape index (κ3) is 5.72. The summed E-state index contributed by atoms with van der Waals surface area (Å²) in [4.78, 5) is 14.2. The van der Waals surface area contributed by atoms with E-state index in [0.29, 0.717) is 31.5 Å². The molecule has 3 rings (SSSR count). The van der Waals surface area contributed by atoms with Crippen LogP contribution in [0, 0.1) is 11.8 Å². The molecular formula is C20H31N3O2. The van der Waals surface area contributed by atoms with Crippen molar-refractivity contribution in [3.63, 3.8) is 0 Å². The minimum Gasteiger partial charge on any atom is -0.390 e. The van der Waals surface area contributed by atoms with E-state index in [-0.39, 0.29) is 6.03 Å². The first-order chi connectivity index (χ1) is 12.1. The predicted molar refractivity (Wildman–Crippen MR) is 99.5 cm³/mol. The maximum absolute atomic E-state index is 11.9. The molecule has 3 unspecified atom stereocenters. The van der Waals surface area contributed by atoms with E-state index in [1.165, 1.54) is 18.4 Å². The van der Waals surface area contributed by atoms with Gasteiger partial charge in [0.15, 0.2) is 0 Å². The lowest BCUT2D eigenvalue weighted by molar-refractivity contribution is 0.0920. The maximum Gasteiger partial charge on any atom is 0.314 e. The first-order valence-corrected chi connectivity index (χ1v) is 9.59. The predicted octanol–water partition coefficient (Wildman–Crippen LogP) is 2.18. The van der Waals surface area contributed by atoms with E-state index >= 15 is 0 Å². The lowest BCUT2D eigenvalue weighted by Crippen LogP contribution is -2.45. The number of hydrogen-bond donors (Lipinski definition) is 3. The van der Waals surface area contributed by atoms with Gasteiger partial charge in [-0.2, -0.15) is 0 Å². The van der Waals surface area contributed by atoms with Crippen molar-refractivity contribution in [3.05, 3.63) is 35.9 Å². The highest BCUT2D eigenvalue weighted by Gasteiger charge is 2.38. The maximum atomic E-state index is 11.9. The number of nitrogens with zero attached hydrogens (tertiary/aromatic N) is 1. The van der Waals surface area contributed by atoms with E-state index in [9.17, 15) is 9.90 Å². The molecule has 0 spiro atoms. The molecule has 2 aliphatic rings. The van der Waals surface area contributed by atoms with Crippen molar-refractivity contribution in [2.75, 3.05) is 32.7 Å². The van der Waals surface area contributed by atoms with Crippen LogP contribution in [0.2, 0.25) is 0 Å². The Morgan fingerprint density at radius 3 is 2.68 bits per heavy atom. The molecule has 1 aromatic carbocycles. The second kappa shape index (κ2) is 8.68. The van der Waals surface area contributed by atoms with Crippen LogP contribution in [0.1, 0.15) is 37.7 Å². The summed E-state index contributed by atoms with van der Waals surface area (Å²) in [6.45, 7) is 6.03. The van der Waals surface area contributed by atoms with Crippen molar-refractivity contribution in [1.82, 2.24) is 15.5 Å². The minimum atomic E-state index is -0.503. The molecule has 5 heteroatoms. The van der Waals surface area contributed by atoms with Crippen LogP contribution in [-0.4, -0.2) is 54.9 Å². The summed E-state index contributed by atoms with van der Waals surface area (Å²) in [6, 6.07) is 10.3. The monoisotopic (exact) mass is 345 g/mol. The number of carbonyl (C=O) groups is 1. The number of rotatable bonds is 7. The number of nitrogens with one attached hydrogen (secondary N) is 2. The number of carbonyl (C=O) groups excluding carboxylic acids is 1. The first kappa shape index (κ1) is 18.2. The second-order valence-corrected chi connectivity index (χ2v) is 7.74. The van der Waals surface area contributed by atoms with Crippen LogP contribution in [0.3, 0.4) is 0 Å². The summed E-state index contributed by atoms with van der Waals surface area (Å²) in [5.41, 5.74) is 1.36. The zero-order valence-corrected chi connectivity index (χ0v) is 15.2. The van der Waals surface area contributed by atoms with Gasteiger partial charge in [-0.15, -0.1) is 0 Å². The molecule has 1 aliphatic heterocycles. The molecule has 1 saturated carbocycles. The van der Waals surface area contributed by atoms with Crippen molar-refractivity contribution < 1.29 is 9.90 Å². The van der Waals surface area contributed by atoms with Crippen LogP contribution >= 0.6 is 0 Å². The van der Waals surface area contributed by atoms with Gasteiger partial charge in [0.1, 0.15) is 0 Å². The highest BCUT2D eigenvalue weighted by Crippen LogP contribution is 2.46. The van der Waals surface area contributed by atoms with Gasteiger partial charge in [0, 0.05) is 19.6 Å². The highest BCUT2D eigenvalue weighted by molar-refractivity contribution is 5.73. The fourth-order valence-electron chi connectivity index (χ4n) is 3.69. The van der Waals surface area contributed by atoms with Crippen LogP contribution in [-0.2, 0) is 0 Å². The van der Waals surface area contributed by atoms with Crippen LogP contribution < -0.4 is 10.6 Å². The van der Waals surface area contributed by atoms with E-state index in [1.807, 2.05) is 6.07 Å². The lowest BCUT2D eigenvalue weighted by atomic mass is 9.99. The molecule has 138 valence electrons. The SMILES string of the molecule is CC1CCN(CC(O)CNC(=O)NCC2CC2c2ccccc2)CC1. The Balaban J connectivity index is 1.27. The van der Waals surface area contributed by atoms with Gasteiger partial charge in [0.2, 0.25) is 0 Å². The molecule has 0 bridgehead atoms. The molecule has 0 aromatic heterocycles. The molecule has 3 N–H and O–H groups in total. The number of hydrogen-bond acceptors (Lipinski definition) is 3. The normalized spacial score (nSPS) is 25.4. The Kier molecular flexibility index (Phi) is 6.32. The van der Waals surface area contributed by atoms with Gasteiger partial charge in [-0.05, 0) is 55.7 Å². The number of benzene rings is 1. The third-order valence-electron chi connectivity index (χ3n) is 5.52. The van der Waals surface area contributed by atoms with Crippen LogP contribution in [0.15, 0.2) is 30.3 Å². The average molecular weight is 345 g/mol. The number of aliphatic hydroxyl groups excluding tert-OH is 1. The summed E-state index contributed by atoms with van der Waals surface area (Å²) < 4.78 is 0. The average Bonchev–Trinajstić information content (AvgIpc) is 3.41. The molecule has 1 saturated heterocycles. The quantitative estimate of drug-likeness (QED) is 0.710. The Morgan fingerprint density at radius 1 is 1.24 bits per heavy atom. The summed E-state index contributed by atoms with van der Waals surface area (Å²) in [6.07, 6.45) is 3.03. The van der Waals surface area contributed by atoms with Crippen molar-refractivity contribution in [2.45, 2.75) is 38.2 Å². The van der Waals surface area contributed by atoms with Gasteiger partial charge < -0.3 is 20.6 Å². The second-order valence-electron chi connectivity index (χ2n) is 7.74. The smallest absolute Gasteiger partial charge is 0.314 e.